The molecule has 0 amide bonds. The van der Waals surface area contributed by atoms with Crippen molar-refractivity contribution in [1.29, 1.82) is 0 Å². The molecule has 1 rings (SSSR count). The maximum absolute atomic E-state index is 11.4. The van der Waals surface area contributed by atoms with Crippen molar-refractivity contribution in [3.63, 3.8) is 0 Å². The zero-order valence-electron chi connectivity index (χ0n) is 9.28. The molecule has 15 heavy (non-hydrogen) atoms. The first-order valence-electron chi connectivity index (χ1n) is 4.94. The number of hydrogen-bond donors (Lipinski definition) is 0. The van der Waals surface area contributed by atoms with E-state index in [0.29, 0.717) is 12.2 Å². The smallest absolute Gasteiger partial charge is 0.309 e. The summed E-state index contributed by atoms with van der Waals surface area (Å²) in [5.41, 5.74) is 1.93. The molecule has 0 spiro atoms. The lowest BCUT2D eigenvalue weighted by atomic mass is 10.1. The van der Waals surface area contributed by atoms with Gasteiger partial charge in [-0.2, -0.15) is 8.42 Å². The van der Waals surface area contributed by atoms with E-state index in [0.717, 1.165) is 11.1 Å². The van der Waals surface area contributed by atoms with E-state index < -0.39 is 10.1 Å². The Morgan fingerprint density at radius 3 is 2.47 bits per heavy atom. The molecule has 3 nitrogen and oxygen atoms in total. The van der Waals surface area contributed by atoms with Crippen LogP contribution in [0.15, 0.2) is 18.2 Å². The minimum absolute atomic E-state index is 0.0559. The Hall–Kier alpha value is -1.03. The molecule has 0 unspecified atom stereocenters. The topological polar surface area (TPSA) is 43.4 Å². The Morgan fingerprint density at radius 2 is 1.93 bits per heavy atom. The van der Waals surface area contributed by atoms with E-state index in [4.69, 9.17) is 4.18 Å². The van der Waals surface area contributed by atoms with Gasteiger partial charge in [0.05, 0.1) is 5.75 Å². The van der Waals surface area contributed by atoms with Gasteiger partial charge in [0.1, 0.15) is 5.75 Å². The van der Waals surface area contributed by atoms with E-state index in [9.17, 15) is 8.42 Å². The summed E-state index contributed by atoms with van der Waals surface area (Å²) >= 11 is 0. The van der Waals surface area contributed by atoms with Crippen molar-refractivity contribution >= 4 is 10.1 Å². The first-order chi connectivity index (χ1) is 6.94. The Bertz CT molecular complexity index is 435. The molecule has 0 N–H and O–H groups in total. The molecule has 0 aromatic heterocycles. The number of hydrogen-bond acceptors (Lipinski definition) is 3. The van der Waals surface area contributed by atoms with Gasteiger partial charge < -0.3 is 4.18 Å². The molecule has 4 heteroatoms. The van der Waals surface area contributed by atoms with Gasteiger partial charge >= 0.3 is 10.1 Å². The van der Waals surface area contributed by atoms with Crippen molar-refractivity contribution in [2.75, 3.05) is 5.75 Å². The SMILES string of the molecule is CCCS(=O)(=O)Oc1ccc(C)cc1C. The summed E-state index contributed by atoms with van der Waals surface area (Å²) in [6.45, 7) is 5.60. The molecule has 0 bridgehead atoms. The summed E-state index contributed by atoms with van der Waals surface area (Å²) in [5.74, 6) is 0.481. The van der Waals surface area contributed by atoms with Crippen LogP contribution in [-0.2, 0) is 10.1 Å². The average Bonchev–Trinajstić information content (AvgIpc) is 2.09. The minimum atomic E-state index is -3.42. The first kappa shape index (κ1) is 12.0. The van der Waals surface area contributed by atoms with Gasteiger partial charge in [0.2, 0.25) is 0 Å². The fraction of sp³-hybridized carbons (Fsp3) is 0.455. The molecule has 0 saturated carbocycles. The van der Waals surface area contributed by atoms with Crippen molar-refractivity contribution < 1.29 is 12.6 Å². The number of rotatable bonds is 4. The van der Waals surface area contributed by atoms with Gasteiger partial charge in [-0.05, 0) is 31.9 Å². The summed E-state index contributed by atoms with van der Waals surface area (Å²) in [7, 11) is -3.42. The molecule has 0 aliphatic heterocycles. The van der Waals surface area contributed by atoms with Crippen LogP contribution in [0.25, 0.3) is 0 Å². The van der Waals surface area contributed by atoms with Gasteiger partial charge in [0.15, 0.2) is 0 Å². The highest BCUT2D eigenvalue weighted by atomic mass is 32.2. The van der Waals surface area contributed by atoms with Crippen molar-refractivity contribution in [3.8, 4) is 5.75 Å². The summed E-state index contributed by atoms with van der Waals surface area (Å²) in [5, 5.41) is 0. The molecular formula is C11H16O3S. The second-order valence-corrected chi connectivity index (χ2v) is 5.30. The van der Waals surface area contributed by atoms with Gasteiger partial charge in [-0.3, -0.25) is 0 Å². The van der Waals surface area contributed by atoms with Crippen LogP contribution in [-0.4, -0.2) is 14.2 Å². The lowest BCUT2D eigenvalue weighted by molar-refractivity contribution is 0.483. The van der Waals surface area contributed by atoms with Gasteiger partial charge in [0.25, 0.3) is 0 Å². The average molecular weight is 228 g/mol. The monoisotopic (exact) mass is 228 g/mol. The minimum Gasteiger partial charge on any atom is -0.382 e. The highest BCUT2D eigenvalue weighted by Gasteiger charge is 2.12. The van der Waals surface area contributed by atoms with Crippen LogP contribution in [0.1, 0.15) is 24.5 Å². The summed E-state index contributed by atoms with van der Waals surface area (Å²) in [6.07, 6.45) is 0.563. The maximum Gasteiger partial charge on any atom is 0.309 e. The van der Waals surface area contributed by atoms with Crippen LogP contribution in [0, 0.1) is 13.8 Å². The van der Waals surface area contributed by atoms with Crippen LogP contribution in [0.3, 0.4) is 0 Å². The third kappa shape index (κ3) is 3.55. The zero-order chi connectivity index (χ0) is 11.5. The predicted molar refractivity (Wildman–Crippen MR) is 60.6 cm³/mol. The highest BCUT2D eigenvalue weighted by Crippen LogP contribution is 2.20. The van der Waals surface area contributed by atoms with Crippen LogP contribution >= 0.6 is 0 Å². The van der Waals surface area contributed by atoms with Gasteiger partial charge in [-0.15, -0.1) is 0 Å². The Labute approximate surface area is 91.2 Å². The van der Waals surface area contributed by atoms with Gasteiger partial charge in [-0.1, -0.05) is 24.6 Å². The predicted octanol–water partition coefficient (Wildman–Crippen LogP) is 2.42. The van der Waals surface area contributed by atoms with Crippen molar-refractivity contribution in [2.24, 2.45) is 0 Å². The third-order valence-electron chi connectivity index (χ3n) is 2.00. The molecule has 0 radical (unpaired) electrons. The molecule has 0 fully saturated rings. The van der Waals surface area contributed by atoms with E-state index >= 15 is 0 Å². The Kier molecular flexibility index (Phi) is 3.74. The molecule has 0 saturated heterocycles. The van der Waals surface area contributed by atoms with Crippen molar-refractivity contribution in [1.82, 2.24) is 0 Å². The fourth-order valence-corrected chi connectivity index (χ4v) is 2.37. The Balaban J connectivity index is 2.90. The zero-order valence-corrected chi connectivity index (χ0v) is 10.1. The highest BCUT2D eigenvalue weighted by molar-refractivity contribution is 7.87. The van der Waals surface area contributed by atoms with Crippen LogP contribution in [0.4, 0.5) is 0 Å². The Morgan fingerprint density at radius 1 is 1.27 bits per heavy atom. The van der Waals surface area contributed by atoms with Crippen molar-refractivity contribution in [3.05, 3.63) is 29.3 Å². The van der Waals surface area contributed by atoms with E-state index in [1.165, 1.54) is 0 Å². The maximum atomic E-state index is 11.4. The van der Waals surface area contributed by atoms with E-state index in [1.807, 2.05) is 32.9 Å². The summed E-state index contributed by atoms with van der Waals surface area (Å²) in [4.78, 5) is 0. The van der Waals surface area contributed by atoms with Gasteiger partial charge in [-0.25, -0.2) is 0 Å². The lowest BCUT2D eigenvalue weighted by Crippen LogP contribution is -2.13. The van der Waals surface area contributed by atoms with E-state index in [-0.39, 0.29) is 5.75 Å². The second kappa shape index (κ2) is 4.66. The molecular weight excluding hydrogens is 212 g/mol. The van der Waals surface area contributed by atoms with E-state index in [1.54, 1.807) is 6.07 Å². The molecule has 0 aliphatic carbocycles. The molecule has 0 heterocycles. The third-order valence-corrected chi connectivity index (χ3v) is 3.34. The lowest BCUT2D eigenvalue weighted by Gasteiger charge is -2.08. The fourth-order valence-electron chi connectivity index (χ4n) is 1.32. The summed E-state index contributed by atoms with van der Waals surface area (Å²) < 4.78 is 27.8. The molecule has 1 aromatic carbocycles. The second-order valence-electron chi connectivity index (χ2n) is 3.61. The molecule has 0 atom stereocenters. The normalized spacial score (nSPS) is 11.4. The standard InChI is InChI=1S/C11H16O3S/c1-4-7-15(12,13)14-11-6-5-9(2)8-10(11)3/h5-6,8H,4,7H2,1-3H3. The van der Waals surface area contributed by atoms with E-state index in [2.05, 4.69) is 0 Å². The van der Waals surface area contributed by atoms with Crippen LogP contribution in [0.5, 0.6) is 5.75 Å². The molecule has 84 valence electrons. The quantitative estimate of drug-likeness (QED) is 0.743. The van der Waals surface area contributed by atoms with Crippen LogP contribution in [0.2, 0.25) is 0 Å². The largest absolute Gasteiger partial charge is 0.382 e. The number of benzene rings is 1. The molecule has 1 aromatic rings. The van der Waals surface area contributed by atoms with Crippen molar-refractivity contribution in [2.45, 2.75) is 27.2 Å². The van der Waals surface area contributed by atoms with Crippen LogP contribution < -0.4 is 4.18 Å². The summed E-state index contributed by atoms with van der Waals surface area (Å²) in [6, 6.07) is 5.43. The van der Waals surface area contributed by atoms with Gasteiger partial charge in [0, 0.05) is 0 Å². The number of aryl methyl sites for hydroxylation is 2. The molecule has 0 aliphatic rings. The first-order valence-corrected chi connectivity index (χ1v) is 6.52.